The standard InChI is InChI=1S/C12H14BrNO2/c13-10-4-12-11(15-7-16-12)3-9(10)6-14-5-8-1-2-8/h3-4,8,14H,1-2,5-7H2. The zero-order valence-electron chi connectivity index (χ0n) is 8.96. The maximum Gasteiger partial charge on any atom is 0.231 e. The third-order valence-corrected chi connectivity index (χ3v) is 3.73. The highest BCUT2D eigenvalue weighted by Gasteiger charge is 2.21. The van der Waals surface area contributed by atoms with Crippen molar-refractivity contribution >= 4 is 15.9 Å². The molecular formula is C12H14BrNO2. The van der Waals surface area contributed by atoms with Crippen molar-refractivity contribution in [2.24, 2.45) is 5.92 Å². The summed E-state index contributed by atoms with van der Waals surface area (Å²) >= 11 is 3.56. The zero-order chi connectivity index (χ0) is 11.0. The quantitative estimate of drug-likeness (QED) is 0.922. The fraction of sp³-hybridized carbons (Fsp3) is 0.500. The van der Waals surface area contributed by atoms with Crippen molar-refractivity contribution in [3.63, 3.8) is 0 Å². The van der Waals surface area contributed by atoms with E-state index in [2.05, 4.69) is 21.2 Å². The van der Waals surface area contributed by atoms with Gasteiger partial charge in [0.25, 0.3) is 0 Å². The number of ether oxygens (including phenoxy) is 2. The number of hydrogen-bond acceptors (Lipinski definition) is 3. The molecule has 1 aromatic carbocycles. The van der Waals surface area contributed by atoms with E-state index in [0.29, 0.717) is 6.79 Å². The van der Waals surface area contributed by atoms with E-state index in [1.165, 1.54) is 18.4 Å². The van der Waals surface area contributed by atoms with Gasteiger partial charge in [0, 0.05) is 11.0 Å². The smallest absolute Gasteiger partial charge is 0.231 e. The number of halogens is 1. The highest BCUT2D eigenvalue weighted by Crippen LogP contribution is 2.37. The van der Waals surface area contributed by atoms with Gasteiger partial charge in [-0.05, 0) is 43.0 Å². The molecule has 0 unspecified atom stereocenters. The second kappa shape index (κ2) is 4.26. The van der Waals surface area contributed by atoms with Crippen molar-refractivity contribution in [2.45, 2.75) is 19.4 Å². The summed E-state index contributed by atoms with van der Waals surface area (Å²) in [6.07, 6.45) is 2.77. The molecule has 1 heterocycles. The third kappa shape index (κ3) is 2.18. The van der Waals surface area contributed by atoms with Crippen LogP contribution in [0.1, 0.15) is 18.4 Å². The molecule has 0 atom stereocenters. The number of benzene rings is 1. The summed E-state index contributed by atoms with van der Waals surface area (Å²) in [5.74, 6) is 2.59. The summed E-state index contributed by atoms with van der Waals surface area (Å²) in [7, 11) is 0. The van der Waals surface area contributed by atoms with Gasteiger partial charge in [0.1, 0.15) is 0 Å². The lowest BCUT2D eigenvalue weighted by Gasteiger charge is -2.07. The van der Waals surface area contributed by atoms with Crippen molar-refractivity contribution in [1.82, 2.24) is 5.32 Å². The largest absolute Gasteiger partial charge is 0.454 e. The van der Waals surface area contributed by atoms with Crippen molar-refractivity contribution < 1.29 is 9.47 Å². The van der Waals surface area contributed by atoms with Gasteiger partial charge in [0.2, 0.25) is 6.79 Å². The lowest BCUT2D eigenvalue weighted by Crippen LogP contribution is -2.16. The molecule has 0 spiro atoms. The van der Waals surface area contributed by atoms with Crippen LogP contribution in [0.25, 0.3) is 0 Å². The lowest BCUT2D eigenvalue weighted by molar-refractivity contribution is 0.174. The van der Waals surface area contributed by atoms with Gasteiger partial charge in [-0.2, -0.15) is 0 Å². The van der Waals surface area contributed by atoms with Gasteiger partial charge in [0.15, 0.2) is 11.5 Å². The maximum atomic E-state index is 5.36. The molecular weight excluding hydrogens is 270 g/mol. The third-order valence-electron chi connectivity index (χ3n) is 2.99. The van der Waals surface area contributed by atoms with Crippen LogP contribution in [0, 0.1) is 5.92 Å². The number of fused-ring (bicyclic) bond motifs is 1. The molecule has 0 saturated heterocycles. The van der Waals surface area contributed by atoms with E-state index in [-0.39, 0.29) is 0 Å². The normalized spacial score (nSPS) is 17.8. The number of nitrogens with one attached hydrogen (secondary N) is 1. The highest BCUT2D eigenvalue weighted by molar-refractivity contribution is 9.10. The Morgan fingerprint density at radius 1 is 1.25 bits per heavy atom. The summed E-state index contributed by atoms with van der Waals surface area (Å²) in [5.41, 5.74) is 1.23. The molecule has 2 aliphatic rings. The molecule has 1 aliphatic heterocycles. The predicted molar refractivity (Wildman–Crippen MR) is 64.7 cm³/mol. The van der Waals surface area contributed by atoms with E-state index in [1.54, 1.807) is 0 Å². The Morgan fingerprint density at radius 3 is 2.75 bits per heavy atom. The number of rotatable bonds is 4. The first-order valence-electron chi connectivity index (χ1n) is 5.61. The minimum atomic E-state index is 0.334. The second-order valence-corrected chi connectivity index (χ2v) is 5.23. The van der Waals surface area contributed by atoms with E-state index in [1.807, 2.05) is 12.1 Å². The van der Waals surface area contributed by atoms with Crippen molar-refractivity contribution in [1.29, 1.82) is 0 Å². The maximum absolute atomic E-state index is 5.36. The van der Waals surface area contributed by atoms with Crippen LogP contribution < -0.4 is 14.8 Å². The van der Waals surface area contributed by atoms with Gasteiger partial charge in [-0.15, -0.1) is 0 Å². The minimum absolute atomic E-state index is 0.334. The molecule has 4 heteroatoms. The average molecular weight is 284 g/mol. The molecule has 1 saturated carbocycles. The van der Waals surface area contributed by atoms with Crippen molar-refractivity contribution in [2.75, 3.05) is 13.3 Å². The Morgan fingerprint density at radius 2 is 2.00 bits per heavy atom. The molecule has 3 rings (SSSR count). The first-order valence-corrected chi connectivity index (χ1v) is 6.41. The van der Waals surface area contributed by atoms with Crippen molar-refractivity contribution in [3.8, 4) is 11.5 Å². The van der Waals surface area contributed by atoms with Crippen LogP contribution in [0.5, 0.6) is 11.5 Å². The van der Waals surface area contributed by atoms with Crippen LogP contribution >= 0.6 is 15.9 Å². The molecule has 3 nitrogen and oxygen atoms in total. The van der Waals surface area contributed by atoms with E-state index >= 15 is 0 Å². The Kier molecular flexibility index (Phi) is 2.77. The molecule has 1 aromatic rings. The van der Waals surface area contributed by atoms with Gasteiger partial charge < -0.3 is 14.8 Å². The Bertz CT molecular complexity index is 404. The molecule has 1 fully saturated rings. The summed E-state index contributed by atoms with van der Waals surface area (Å²) in [6.45, 7) is 2.34. The fourth-order valence-corrected chi connectivity index (χ4v) is 2.29. The Labute approximate surface area is 103 Å². The lowest BCUT2D eigenvalue weighted by atomic mass is 10.2. The Balaban J connectivity index is 1.68. The highest BCUT2D eigenvalue weighted by atomic mass is 79.9. The van der Waals surface area contributed by atoms with Crippen LogP contribution in [0.4, 0.5) is 0 Å². The van der Waals surface area contributed by atoms with Crippen LogP contribution in [0.15, 0.2) is 16.6 Å². The van der Waals surface area contributed by atoms with E-state index in [0.717, 1.165) is 35.0 Å². The SMILES string of the molecule is Brc1cc2c(cc1CNCC1CC1)OCO2. The summed E-state index contributed by atoms with van der Waals surface area (Å²) in [4.78, 5) is 0. The van der Waals surface area contributed by atoms with Crippen LogP contribution in [0.3, 0.4) is 0 Å². The first kappa shape index (κ1) is 10.4. The van der Waals surface area contributed by atoms with Crippen LogP contribution in [-0.4, -0.2) is 13.3 Å². The van der Waals surface area contributed by atoms with Gasteiger partial charge in [-0.25, -0.2) is 0 Å². The average Bonchev–Trinajstić information content (AvgIpc) is 2.98. The van der Waals surface area contributed by atoms with Crippen LogP contribution in [0.2, 0.25) is 0 Å². The molecule has 0 amide bonds. The first-order chi connectivity index (χ1) is 7.83. The summed E-state index contributed by atoms with van der Waals surface area (Å²) in [5, 5.41) is 3.47. The van der Waals surface area contributed by atoms with E-state index < -0.39 is 0 Å². The van der Waals surface area contributed by atoms with Gasteiger partial charge in [-0.3, -0.25) is 0 Å². The minimum Gasteiger partial charge on any atom is -0.454 e. The predicted octanol–water partition coefficient (Wildman–Crippen LogP) is 2.68. The molecule has 1 aliphatic carbocycles. The summed E-state index contributed by atoms with van der Waals surface area (Å²) in [6, 6.07) is 4.03. The molecule has 0 bridgehead atoms. The molecule has 0 radical (unpaired) electrons. The number of hydrogen-bond donors (Lipinski definition) is 1. The molecule has 0 aromatic heterocycles. The molecule has 16 heavy (non-hydrogen) atoms. The van der Waals surface area contributed by atoms with Crippen LogP contribution in [-0.2, 0) is 6.54 Å². The van der Waals surface area contributed by atoms with E-state index in [4.69, 9.17) is 9.47 Å². The second-order valence-electron chi connectivity index (χ2n) is 4.37. The summed E-state index contributed by atoms with van der Waals surface area (Å²) < 4.78 is 11.8. The van der Waals surface area contributed by atoms with Crippen molar-refractivity contribution in [3.05, 3.63) is 22.2 Å². The van der Waals surface area contributed by atoms with E-state index in [9.17, 15) is 0 Å². The van der Waals surface area contributed by atoms with Gasteiger partial charge in [0.05, 0.1) is 0 Å². The monoisotopic (exact) mass is 283 g/mol. The Hall–Kier alpha value is -0.740. The van der Waals surface area contributed by atoms with Gasteiger partial charge >= 0.3 is 0 Å². The zero-order valence-corrected chi connectivity index (χ0v) is 10.5. The fourth-order valence-electron chi connectivity index (χ4n) is 1.83. The topological polar surface area (TPSA) is 30.5 Å². The van der Waals surface area contributed by atoms with Gasteiger partial charge in [-0.1, -0.05) is 15.9 Å². The molecule has 86 valence electrons. The molecule has 1 N–H and O–H groups in total.